The molecule has 0 bridgehead atoms. The Morgan fingerprint density at radius 3 is 1.79 bits per heavy atom. The third kappa shape index (κ3) is 3.71. The van der Waals surface area contributed by atoms with E-state index in [1.165, 1.54) is 0 Å². The number of benzene rings is 3. The summed E-state index contributed by atoms with van der Waals surface area (Å²) >= 11 is 0. The van der Waals surface area contributed by atoms with Crippen molar-refractivity contribution in [1.82, 2.24) is 9.80 Å². The van der Waals surface area contributed by atoms with Crippen molar-refractivity contribution >= 4 is 5.91 Å². The Labute approximate surface area is 167 Å². The van der Waals surface area contributed by atoms with Crippen molar-refractivity contribution in [2.45, 2.75) is 18.5 Å². The first-order valence-electron chi connectivity index (χ1n) is 9.91. The van der Waals surface area contributed by atoms with Crippen LogP contribution in [-0.2, 0) is 4.79 Å². The summed E-state index contributed by atoms with van der Waals surface area (Å²) < 4.78 is 0. The Morgan fingerprint density at radius 2 is 1.25 bits per heavy atom. The number of hydrogen-bond acceptors (Lipinski definition) is 2. The molecule has 3 nitrogen and oxygen atoms in total. The summed E-state index contributed by atoms with van der Waals surface area (Å²) in [5.41, 5.74) is 3.36. The van der Waals surface area contributed by atoms with Crippen molar-refractivity contribution in [3.05, 3.63) is 108 Å². The van der Waals surface area contributed by atoms with E-state index in [0.717, 1.165) is 36.2 Å². The number of amides is 1. The molecule has 3 heteroatoms. The van der Waals surface area contributed by atoms with E-state index < -0.39 is 0 Å². The maximum absolute atomic E-state index is 13.8. The van der Waals surface area contributed by atoms with Gasteiger partial charge < -0.3 is 4.90 Å². The molecule has 0 radical (unpaired) electrons. The molecule has 1 saturated heterocycles. The van der Waals surface area contributed by atoms with E-state index in [2.05, 4.69) is 53.2 Å². The smallest absolute Gasteiger partial charge is 0.245 e. The minimum Gasteiger partial charge on any atom is -0.330 e. The second kappa shape index (κ2) is 8.41. The van der Waals surface area contributed by atoms with E-state index in [0.29, 0.717) is 0 Å². The summed E-state index contributed by atoms with van der Waals surface area (Å²) in [6, 6.07) is 30.5. The Kier molecular flexibility index (Phi) is 5.54. The molecule has 1 atom stereocenters. The summed E-state index contributed by atoms with van der Waals surface area (Å²) in [5.74, 6) is 0.170. The molecular weight excluding hydrogens is 344 g/mol. The largest absolute Gasteiger partial charge is 0.330 e. The summed E-state index contributed by atoms with van der Waals surface area (Å²) in [6.07, 6.45) is 0.960. The number of nitrogens with zero attached hydrogens (tertiary/aromatic N) is 2. The van der Waals surface area contributed by atoms with Crippen LogP contribution in [-0.4, -0.2) is 35.8 Å². The standard InChI is InChI=1S/C25H26N2O/c1-26-18-11-19-27(25(28)24(26)22-16-9-4-10-17-22)23(20-12-5-2-6-13-20)21-14-7-3-8-15-21/h2-10,12-17,23-24H,11,18-19H2,1H3. The van der Waals surface area contributed by atoms with E-state index in [1.807, 2.05) is 54.6 Å². The fraction of sp³-hybridized carbons (Fsp3) is 0.240. The summed E-state index contributed by atoms with van der Waals surface area (Å²) in [5, 5.41) is 0. The Bertz CT molecular complexity index is 856. The van der Waals surface area contributed by atoms with Crippen LogP contribution in [0.25, 0.3) is 0 Å². The van der Waals surface area contributed by atoms with Gasteiger partial charge >= 0.3 is 0 Å². The SMILES string of the molecule is CN1CCCN(C(c2ccccc2)c2ccccc2)C(=O)C1c1ccccc1. The van der Waals surface area contributed by atoms with Gasteiger partial charge in [0.2, 0.25) is 5.91 Å². The van der Waals surface area contributed by atoms with Gasteiger partial charge in [-0.25, -0.2) is 0 Å². The van der Waals surface area contributed by atoms with Crippen molar-refractivity contribution in [1.29, 1.82) is 0 Å². The van der Waals surface area contributed by atoms with E-state index in [-0.39, 0.29) is 18.0 Å². The zero-order valence-corrected chi connectivity index (χ0v) is 16.2. The molecule has 3 aromatic rings. The summed E-state index contributed by atoms with van der Waals surface area (Å²) in [6.45, 7) is 1.65. The monoisotopic (exact) mass is 370 g/mol. The van der Waals surface area contributed by atoms with Crippen molar-refractivity contribution in [3.8, 4) is 0 Å². The van der Waals surface area contributed by atoms with Gasteiger partial charge in [0.25, 0.3) is 0 Å². The maximum Gasteiger partial charge on any atom is 0.245 e. The molecule has 0 saturated carbocycles. The molecule has 0 spiro atoms. The summed E-state index contributed by atoms with van der Waals surface area (Å²) in [7, 11) is 2.05. The van der Waals surface area contributed by atoms with Gasteiger partial charge in [-0.15, -0.1) is 0 Å². The van der Waals surface area contributed by atoms with Gasteiger partial charge in [-0.2, -0.15) is 0 Å². The van der Waals surface area contributed by atoms with E-state index in [4.69, 9.17) is 0 Å². The number of carbonyl (C=O) groups excluding carboxylic acids is 1. The second-order valence-electron chi connectivity index (χ2n) is 7.40. The molecule has 1 fully saturated rings. The van der Waals surface area contributed by atoms with Gasteiger partial charge in [0.1, 0.15) is 6.04 Å². The van der Waals surface area contributed by atoms with Crippen LogP contribution in [0.2, 0.25) is 0 Å². The third-order valence-electron chi connectivity index (χ3n) is 5.53. The minimum atomic E-state index is -0.251. The molecule has 3 aromatic carbocycles. The molecule has 0 aromatic heterocycles. The van der Waals surface area contributed by atoms with E-state index in [1.54, 1.807) is 0 Å². The highest BCUT2D eigenvalue weighted by Crippen LogP contribution is 2.34. The van der Waals surface area contributed by atoms with E-state index in [9.17, 15) is 4.79 Å². The fourth-order valence-corrected chi connectivity index (χ4v) is 4.19. The Hall–Kier alpha value is -2.91. The summed E-state index contributed by atoms with van der Waals surface area (Å²) in [4.78, 5) is 18.1. The highest BCUT2D eigenvalue weighted by molar-refractivity contribution is 5.84. The second-order valence-corrected chi connectivity index (χ2v) is 7.40. The molecule has 1 aliphatic heterocycles. The predicted molar refractivity (Wildman–Crippen MR) is 113 cm³/mol. The predicted octanol–water partition coefficient (Wildman–Crippen LogP) is 4.68. The maximum atomic E-state index is 13.8. The lowest BCUT2D eigenvalue weighted by Gasteiger charge is -2.35. The van der Waals surface area contributed by atoms with E-state index >= 15 is 0 Å². The van der Waals surface area contributed by atoms with Crippen LogP contribution in [0.5, 0.6) is 0 Å². The number of hydrogen-bond donors (Lipinski definition) is 0. The Balaban J connectivity index is 1.78. The lowest BCUT2D eigenvalue weighted by molar-refractivity contribution is -0.137. The van der Waals surface area contributed by atoms with Crippen molar-refractivity contribution in [2.24, 2.45) is 0 Å². The van der Waals surface area contributed by atoms with Gasteiger partial charge in [0.15, 0.2) is 0 Å². The lowest BCUT2D eigenvalue weighted by atomic mass is 9.95. The molecule has 142 valence electrons. The van der Waals surface area contributed by atoms with Gasteiger partial charge in [-0.1, -0.05) is 91.0 Å². The zero-order chi connectivity index (χ0) is 19.3. The molecular formula is C25H26N2O. The van der Waals surface area contributed by atoms with Gasteiger partial charge in [-0.05, 0) is 30.2 Å². The molecule has 28 heavy (non-hydrogen) atoms. The quantitative estimate of drug-likeness (QED) is 0.666. The van der Waals surface area contributed by atoms with Crippen molar-refractivity contribution < 1.29 is 4.79 Å². The van der Waals surface area contributed by atoms with Crippen molar-refractivity contribution in [3.63, 3.8) is 0 Å². The minimum absolute atomic E-state index is 0.0763. The number of likely N-dealkylation sites (N-methyl/N-ethyl adjacent to an activating group) is 1. The first-order chi connectivity index (χ1) is 13.8. The first kappa shape index (κ1) is 18.5. The average Bonchev–Trinajstić information content (AvgIpc) is 2.89. The molecule has 4 rings (SSSR count). The average molecular weight is 370 g/mol. The molecule has 1 aliphatic rings. The number of rotatable bonds is 4. The van der Waals surface area contributed by atoms with Crippen LogP contribution in [0, 0.1) is 0 Å². The highest BCUT2D eigenvalue weighted by Gasteiger charge is 2.36. The van der Waals surface area contributed by atoms with Gasteiger partial charge in [0, 0.05) is 13.1 Å². The van der Waals surface area contributed by atoms with Crippen LogP contribution >= 0.6 is 0 Å². The number of carbonyl (C=O) groups is 1. The van der Waals surface area contributed by atoms with Crippen LogP contribution < -0.4 is 0 Å². The van der Waals surface area contributed by atoms with Crippen LogP contribution in [0.1, 0.15) is 35.2 Å². The third-order valence-corrected chi connectivity index (χ3v) is 5.53. The molecule has 0 N–H and O–H groups in total. The molecule has 0 aliphatic carbocycles. The first-order valence-corrected chi connectivity index (χ1v) is 9.91. The zero-order valence-electron chi connectivity index (χ0n) is 16.2. The van der Waals surface area contributed by atoms with Crippen LogP contribution in [0.4, 0.5) is 0 Å². The highest BCUT2D eigenvalue weighted by atomic mass is 16.2. The lowest BCUT2D eigenvalue weighted by Crippen LogP contribution is -2.41. The fourth-order valence-electron chi connectivity index (χ4n) is 4.19. The topological polar surface area (TPSA) is 23.6 Å². The molecule has 1 unspecified atom stereocenters. The van der Waals surface area contributed by atoms with Crippen molar-refractivity contribution in [2.75, 3.05) is 20.1 Å². The van der Waals surface area contributed by atoms with Crippen LogP contribution in [0.3, 0.4) is 0 Å². The molecule has 1 amide bonds. The van der Waals surface area contributed by atoms with Gasteiger partial charge in [-0.3, -0.25) is 9.69 Å². The Morgan fingerprint density at radius 1 is 0.750 bits per heavy atom. The van der Waals surface area contributed by atoms with Gasteiger partial charge in [0.05, 0.1) is 6.04 Å². The molecule has 1 heterocycles. The van der Waals surface area contributed by atoms with Crippen LogP contribution in [0.15, 0.2) is 91.0 Å². The normalized spacial score (nSPS) is 18.3.